The second-order valence-electron chi connectivity index (χ2n) is 5.07. The molecule has 2 N–H and O–H groups in total. The van der Waals surface area contributed by atoms with Crippen molar-refractivity contribution in [3.8, 4) is 22.8 Å². The predicted molar refractivity (Wildman–Crippen MR) is 80.0 cm³/mol. The Hall–Kier alpha value is -2.17. The molecule has 0 aliphatic heterocycles. The Labute approximate surface area is 119 Å². The molecule has 0 saturated heterocycles. The van der Waals surface area contributed by atoms with Crippen LogP contribution in [0, 0.1) is 5.92 Å². The van der Waals surface area contributed by atoms with E-state index in [1.165, 1.54) is 0 Å². The van der Waals surface area contributed by atoms with E-state index >= 15 is 0 Å². The average Bonchev–Trinajstić information content (AvgIpc) is 2.78. The first kappa shape index (κ1) is 14.2. The maximum Gasteiger partial charge on any atom is 0.170 e. The fourth-order valence-electron chi connectivity index (χ4n) is 2.21. The minimum absolute atomic E-state index is 0.506. The lowest BCUT2D eigenvalue weighted by Crippen LogP contribution is -2.07. The third-order valence-corrected chi connectivity index (χ3v) is 3.10. The van der Waals surface area contributed by atoms with Gasteiger partial charge in [-0.3, -0.25) is 0 Å². The Kier molecular flexibility index (Phi) is 4.17. The van der Waals surface area contributed by atoms with Crippen molar-refractivity contribution in [3.05, 3.63) is 24.5 Å². The van der Waals surface area contributed by atoms with E-state index in [0.717, 1.165) is 17.8 Å². The van der Waals surface area contributed by atoms with E-state index in [0.29, 0.717) is 23.2 Å². The molecule has 5 nitrogen and oxygen atoms in total. The zero-order valence-electron chi connectivity index (χ0n) is 12.4. The molecule has 0 aliphatic rings. The van der Waals surface area contributed by atoms with Gasteiger partial charge in [-0.25, -0.2) is 4.98 Å². The molecule has 0 aliphatic carbocycles. The summed E-state index contributed by atoms with van der Waals surface area (Å²) in [5.74, 6) is 2.47. The highest BCUT2D eigenvalue weighted by atomic mass is 16.5. The second-order valence-corrected chi connectivity index (χ2v) is 5.07. The van der Waals surface area contributed by atoms with Crippen molar-refractivity contribution in [3.63, 3.8) is 0 Å². The fourth-order valence-corrected chi connectivity index (χ4v) is 2.21. The molecule has 2 rings (SSSR count). The molecule has 1 aromatic heterocycles. The largest absolute Gasteiger partial charge is 0.493 e. The van der Waals surface area contributed by atoms with Gasteiger partial charge in [0.25, 0.3) is 0 Å². The molecular weight excluding hydrogens is 254 g/mol. The molecule has 0 bridgehead atoms. The van der Waals surface area contributed by atoms with Crippen LogP contribution < -0.4 is 15.2 Å². The third-order valence-electron chi connectivity index (χ3n) is 3.10. The number of rotatable bonds is 5. The van der Waals surface area contributed by atoms with Crippen molar-refractivity contribution in [2.24, 2.45) is 5.92 Å². The number of nitrogen functional groups attached to an aromatic ring is 1. The summed E-state index contributed by atoms with van der Waals surface area (Å²) < 4.78 is 12.7. The van der Waals surface area contributed by atoms with Crippen molar-refractivity contribution >= 4 is 5.82 Å². The summed E-state index contributed by atoms with van der Waals surface area (Å²) in [4.78, 5) is 4.43. The molecule has 0 amide bonds. The number of hydrogen-bond donors (Lipinski definition) is 1. The summed E-state index contributed by atoms with van der Waals surface area (Å²) in [6, 6.07) is 5.68. The maximum absolute atomic E-state index is 6.20. The summed E-state index contributed by atoms with van der Waals surface area (Å²) in [5.41, 5.74) is 7.77. The second kappa shape index (κ2) is 5.86. The summed E-state index contributed by atoms with van der Waals surface area (Å²) in [7, 11) is 3.23. The van der Waals surface area contributed by atoms with Crippen molar-refractivity contribution in [2.45, 2.75) is 20.4 Å². The van der Waals surface area contributed by atoms with Gasteiger partial charge in [0.05, 0.1) is 20.5 Å². The van der Waals surface area contributed by atoms with Gasteiger partial charge < -0.3 is 19.8 Å². The number of hydrogen-bond acceptors (Lipinski definition) is 4. The Balaban J connectivity index is 2.49. The van der Waals surface area contributed by atoms with Gasteiger partial charge in [0, 0.05) is 12.1 Å². The Morgan fingerprint density at radius 2 is 2.00 bits per heavy atom. The van der Waals surface area contributed by atoms with Crippen molar-refractivity contribution < 1.29 is 9.47 Å². The smallest absolute Gasteiger partial charge is 0.170 e. The lowest BCUT2D eigenvalue weighted by atomic mass is 10.1. The molecule has 0 saturated carbocycles. The summed E-state index contributed by atoms with van der Waals surface area (Å²) in [6.07, 6.45) is 1.77. The minimum atomic E-state index is 0.506. The molecular formula is C15H21N3O2. The molecule has 0 fully saturated rings. The number of benzene rings is 1. The number of imidazole rings is 1. The Bertz CT molecular complexity index is 591. The lowest BCUT2D eigenvalue weighted by molar-refractivity contribution is 0.356. The number of ether oxygens (including phenoxy) is 2. The molecule has 108 valence electrons. The normalized spacial score (nSPS) is 10.8. The van der Waals surface area contributed by atoms with Gasteiger partial charge >= 0.3 is 0 Å². The number of para-hydroxylation sites is 1. The number of anilines is 1. The molecule has 0 atom stereocenters. The fraction of sp³-hybridized carbons (Fsp3) is 0.400. The van der Waals surface area contributed by atoms with Crippen molar-refractivity contribution in [2.75, 3.05) is 20.0 Å². The van der Waals surface area contributed by atoms with E-state index < -0.39 is 0 Å². The van der Waals surface area contributed by atoms with E-state index in [1.54, 1.807) is 20.5 Å². The highest BCUT2D eigenvalue weighted by Gasteiger charge is 2.17. The van der Waals surface area contributed by atoms with Crippen molar-refractivity contribution in [1.29, 1.82) is 0 Å². The van der Waals surface area contributed by atoms with Crippen LogP contribution in [-0.4, -0.2) is 23.8 Å². The van der Waals surface area contributed by atoms with Crippen LogP contribution in [0.2, 0.25) is 0 Å². The van der Waals surface area contributed by atoms with Crippen LogP contribution in [0.4, 0.5) is 5.82 Å². The van der Waals surface area contributed by atoms with Crippen LogP contribution in [0.1, 0.15) is 13.8 Å². The standard InChI is InChI=1S/C15H21N3O2/c1-10(2)8-18-9-17-13(15(18)16)11-6-5-7-12(19-3)14(11)20-4/h5-7,9-10H,8,16H2,1-4H3. The SMILES string of the molecule is COc1cccc(-c2ncn(CC(C)C)c2N)c1OC. The van der Waals surface area contributed by atoms with Crippen LogP contribution in [0.5, 0.6) is 11.5 Å². The van der Waals surface area contributed by atoms with Gasteiger partial charge in [0.15, 0.2) is 11.5 Å². The minimum Gasteiger partial charge on any atom is -0.493 e. The summed E-state index contributed by atoms with van der Waals surface area (Å²) >= 11 is 0. The zero-order chi connectivity index (χ0) is 14.7. The van der Waals surface area contributed by atoms with Crippen LogP contribution in [0.25, 0.3) is 11.3 Å². The third kappa shape index (κ3) is 2.57. The zero-order valence-corrected chi connectivity index (χ0v) is 12.4. The van der Waals surface area contributed by atoms with E-state index in [9.17, 15) is 0 Å². The number of nitrogens with two attached hydrogens (primary N) is 1. The van der Waals surface area contributed by atoms with Crippen LogP contribution in [0.15, 0.2) is 24.5 Å². The van der Waals surface area contributed by atoms with Crippen LogP contribution in [-0.2, 0) is 6.54 Å². The highest BCUT2D eigenvalue weighted by molar-refractivity contribution is 5.78. The van der Waals surface area contributed by atoms with E-state index in [2.05, 4.69) is 18.8 Å². The van der Waals surface area contributed by atoms with E-state index in [4.69, 9.17) is 15.2 Å². The molecule has 1 aromatic carbocycles. The molecule has 20 heavy (non-hydrogen) atoms. The topological polar surface area (TPSA) is 62.3 Å². The van der Waals surface area contributed by atoms with Gasteiger partial charge in [-0.15, -0.1) is 0 Å². The lowest BCUT2D eigenvalue weighted by Gasteiger charge is -2.12. The summed E-state index contributed by atoms with van der Waals surface area (Å²) in [5, 5.41) is 0. The number of methoxy groups -OCH3 is 2. The Morgan fingerprint density at radius 3 is 2.60 bits per heavy atom. The first-order valence-electron chi connectivity index (χ1n) is 6.60. The molecule has 0 unspecified atom stereocenters. The van der Waals surface area contributed by atoms with Gasteiger partial charge in [0.2, 0.25) is 0 Å². The van der Waals surface area contributed by atoms with Crippen molar-refractivity contribution in [1.82, 2.24) is 9.55 Å². The van der Waals surface area contributed by atoms with E-state index in [-0.39, 0.29) is 0 Å². The molecule has 1 heterocycles. The van der Waals surface area contributed by atoms with Gasteiger partial charge in [-0.1, -0.05) is 19.9 Å². The summed E-state index contributed by atoms with van der Waals surface area (Å²) in [6.45, 7) is 5.13. The predicted octanol–water partition coefficient (Wildman–Crippen LogP) is 2.81. The Morgan fingerprint density at radius 1 is 1.25 bits per heavy atom. The van der Waals surface area contributed by atoms with Gasteiger partial charge in [-0.2, -0.15) is 0 Å². The highest BCUT2D eigenvalue weighted by Crippen LogP contribution is 2.39. The maximum atomic E-state index is 6.20. The van der Waals surface area contributed by atoms with Crippen LogP contribution in [0.3, 0.4) is 0 Å². The van der Waals surface area contributed by atoms with Crippen LogP contribution >= 0.6 is 0 Å². The first-order valence-corrected chi connectivity index (χ1v) is 6.60. The van der Waals surface area contributed by atoms with Gasteiger partial charge in [-0.05, 0) is 18.1 Å². The average molecular weight is 275 g/mol. The van der Waals surface area contributed by atoms with E-state index in [1.807, 2.05) is 22.8 Å². The molecule has 0 spiro atoms. The quantitative estimate of drug-likeness (QED) is 0.911. The molecule has 2 aromatic rings. The molecule has 5 heteroatoms. The first-order chi connectivity index (χ1) is 9.58. The monoisotopic (exact) mass is 275 g/mol. The van der Waals surface area contributed by atoms with Gasteiger partial charge in [0.1, 0.15) is 11.5 Å². The number of aromatic nitrogens is 2. The molecule has 0 radical (unpaired) electrons. The number of nitrogens with zero attached hydrogens (tertiary/aromatic N) is 2.